The highest BCUT2D eigenvalue weighted by molar-refractivity contribution is 5.67. The van der Waals surface area contributed by atoms with Crippen molar-refractivity contribution in [2.24, 2.45) is 0 Å². The van der Waals surface area contributed by atoms with Gasteiger partial charge in [-0.1, -0.05) is 6.92 Å². The van der Waals surface area contributed by atoms with E-state index in [9.17, 15) is 4.79 Å². The third kappa shape index (κ3) is 3.44. The fourth-order valence-corrected chi connectivity index (χ4v) is 4.77. The number of aryl methyl sites for hydroxylation is 3. The van der Waals surface area contributed by atoms with Crippen LogP contribution < -0.4 is 10.5 Å². The normalized spacial score (nSPS) is 17.5. The van der Waals surface area contributed by atoms with E-state index in [1.807, 2.05) is 43.7 Å². The first kappa shape index (κ1) is 20.6. The summed E-state index contributed by atoms with van der Waals surface area (Å²) < 4.78 is 3.47. The maximum Gasteiger partial charge on any atom is 0.258 e. The standard InChI is InChI=1S/C24H29N7O/c1-6-28-7-8-29(13-17(28)4)19-9-15(2)24-26-20(11-23(32)30(24)14-19)21-10-22-18(5)25-16(3)12-31(22)27-21/h9-12,14,17H,6-8,13H2,1-5H3/t17-/m1/s1. The molecule has 8 nitrogen and oxygen atoms in total. The summed E-state index contributed by atoms with van der Waals surface area (Å²) in [5.74, 6) is 0. The van der Waals surface area contributed by atoms with E-state index in [0.29, 0.717) is 23.1 Å². The molecule has 1 atom stereocenters. The van der Waals surface area contributed by atoms with Crippen LogP contribution in [0.3, 0.4) is 0 Å². The maximum absolute atomic E-state index is 13.1. The Morgan fingerprint density at radius 3 is 2.59 bits per heavy atom. The van der Waals surface area contributed by atoms with E-state index in [1.165, 1.54) is 0 Å². The van der Waals surface area contributed by atoms with Gasteiger partial charge in [-0.3, -0.25) is 19.1 Å². The number of nitrogens with zero attached hydrogens (tertiary/aromatic N) is 7. The molecule has 1 saturated heterocycles. The first-order valence-corrected chi connectivity index (χ1v) is 11.2. The largest absolute Gasteiger partial charge is 0.367 e. The Morgan fingerprint density at radius 2 is 1.84 bits per heavy atom. The summed E-state index contributed by atoms with van der Waals surface area (Å²) in [7, 11) is 0. The van der Waals surface area contributed by atoms with E-state index < -0.39 is 0 Å². The van der Waals surface area contributed by atoms with Crippen LogP contribution in [0.4, 0.5) is 5.69 Å². The summed E-state index contributed by atoms with van der Waals surface area (Å²) in [5, 5.41) is 4.65. The molecule has 1 fully saturated rings. The molecule has 32 heavy (non-hydrogen) atoms. The molecule has 0 radical (unpaired) electrons. The topological polar surface area (TPSA) is 71.0 Å². The third-order valence-corrected chi connectivity index (χ3v) is 6.49. The van der Waals surface area contributed by atoms with Crippen molar-refractivity contribution in [2.45, 2.75) is 40.7 Å². The van der Waals surface area contributed by atoms with Gasteiger partial charge in [0.2, 0.25) is 0 Å². The van der Waals surface area contributed by atoms with E-state index in [4.69, 9.17) is 4.98 Å². The predicted molar refractivity (Wildman–Crippen MR) is 127 cm³/mol. The average Bonchev–Trinajstić information content (AvgIpc) is 3.18. The molecule has 0 spiro atoms. The Balaban J connectivity index is 1.56. The number of likely N-dealkylation sites (N-methyl/N-ethyl adjacent to an activating group) is 1. The average molecular weight is 432 g/mol. The van der Waals surface area contributed by atoms with Gasteiger partial charge in [-0.15, -0.1) is 0 Å². The van der Waals surface area contributed by atoms with E-state index in [2.05, 4.69) is 39.8 Å². The fraction of sp³-hybridized carbons (Fsp3) is 0.417. The van der Waals surface area contributed by atoms with Gasteiger partial charge in [0, 0.05) is 37.9 Å². The van der Waals surface area contributed by atoms with E-state index in [-0.39, 0.29) is 5.56 Å². The van der Waals surface area contributed by atoms with Crippen LogP contribution in [0.1, 0.15) is 30.8 Å². The molecule has 0 unspecified atom stereocenters. The Hall–Kier alpha value is -3.26. The lowest BCUT2D eigenvalue weighted by molar-refractivity contribution is 0.199. The Morgan fingerprint density at radius 1 is 1.03 bits per heavy atom. The van der Waals surface area contributed by atoms with Crippen molar-refractivity contribution in [1.82, 2.24) is 28.9 Å². The predicted octanol–water partition coefficient (Wildman–Crippen LogP) is 2.86. The Bertz CT molecular complexity index is 1390. The number of hydrogen-bond donors (Lipinski definition) is 0. The summed E-state index contributed by atoms with van der Waals surface area (Å²) in [6.45, 7) is 14.4. The highest BCUT2D eigenvalue weighted by Gasteiger charge is 2.23. The van der Waals surface area contributed by atoms with E-state index in [1.54, 1.807) is 10.5 Å². The van der Waals surface area contributed by atoms with Crippen molar-refractivity contribution in [3.8, 4) is 11.4 Å². The van der Waals surface area contributed by atoms with E-state index in [0.717, 1.165) is 54.3 Å². The van der Waals surface area contributed by atoms with Crippen LogP contribution in [0.5, 0.6) is 0 Å². The van der Waals surface area contributed by atoms with Crippen molar-refractivity contribution in [2.75, 3.05) is 31.1 Å². The number of anilines is 1. The van der Waals surface area contributed by atoms with Gasteiger partial charge in [-0.25, -0.2) is 9.50 Å². The van der Waals surface area contributed by atoms with Crippen LogP contribution in [0.15, 0.2) is 35.4 Å². The molecular weight excluding hydrogens is 402 g/mol. The molecule has 0 N–H and O–H groups in total. The van der Waals surface area contributed by atoms with Gasteiger partial charge in [0.05, 0.1) is 34.5 Å². The summed E-state index contributed by atoms with van der Waals surface area (Å²) in [5.41, 5.74) is 6.58. The SMILES string of the molecule is CCN1CCN(c2cc(C)c3nc(-c4cc5c(C)nc(C)cn5n4)cc(=O)n3c2)C[C@H]1C. The number of fused-ring (bicyclic) bond motifs is 2. The quantitative estimate of drug-likeness (QED) is 0.497. The first-order chi connectivity index (χ1) is 15.3. The van der Waals surface area contributed by atoms with Gasteiger partial charge >= 0.3 is 0 Å². The number of rotatable bonds is 3. The lowest BCUT2D eigenvalue weighted by Gasteiger charge is -2.40. The van der Waals surface area contributed by atoms with Crippen molar-refractivity contribution in [3.63, 3.8) is 0 Å². The zero-order chi connectivity index (χ0) is 22.6. The van der Waals surface area contributed by atoms with Crippen molar-refractivity contribution >= 4 is 16.9 Å². The molecule has 0 saturated carbocycles. The summed E-state index contributed by atoms with van der Waals surface area (Å²) >= 11 is 0. The second-order valence-corrected chi connectivity index (χ2v) is 8.81. The highest BCUT2D eigenvalue weighted by Crippen LogP contribution is 2.24. The number of piperazine rings is 1. The van der Waals surface area contributed by atoms with Crippen LogP contribution >= 0.6 is 0 Å². The van der Waals surface area contributed by atoms with Crippen LogP contribution in [0, 0.1) is 20.8 Å². The minimum Gasteiger partial charge on any atom is -0.367 e. The van der Waals surface area contributed by atoms with Gasteiger partial charge in [0.25, 0.3) is 5.56 Å². The summed E-state index contributed by atoms with van der Waals surface area (Å²) in [6.07, 6.45) is 3.81. The molecule has 5 heterocycles. The Labute approximate surface area is 187 Å². The molecule has 4 aromatic rings. The smallest absolute Gasteiger partial charge is 0.258 e. The van der Waals surface area contributed by atoms with Crippen LogP contribution in [-0.4, -0.2) is 61.1 Å². The number of aromatic nitrogens is 5. The van der Waals surface area contributed by atoms with Crippen molar-refractivity contribution in [1.29, 1.82) is 0 Å². The monoisotopic (exact) mass is 431 g/mol. The molecule has 5 rings (SSSR count). The molecule has 8 heteroatoms. The minimum absolute atomic E-state index is 0.0988. The number of pyridine rings is 1. The fourth-order valence-electron chi connectivity index (χ4n) is 4.77. The number of hydrogen-bond acceptors (Lipinski definition) is 6. The zero-order valence-electron chi connectivity index (χ0n) is 19.3. The molecule has 0 bridgehead atoms. The van der Waals surface area contributed by atoms with Crippen molar-refractivity contribution in [3.05, 3.63) is 57.9 Å². The van der Waals surface area contributed by atoms with Crippen LogP contribution in [-0.2, 0) is 0 Å². The molecule has 0 aliphatic carbocycles. The zero-order valence-corrected chi connectivity index (χ0v) is 19.3. The molecule has 0 amide bonds. The molecule has 1 aliphatic heterocycles. The van der Waals surface area contributed by atoms with Crippen LogP contribution in [0.25, 0.3) is 22.6 Å². The molecular formula is C24H29N7O. The second kappa shape index (κ2) is 7.70. The van der Waals surface area contributed by atoms with E-state index >= 15 is 0 Å². The van der Waals surface area contributed by atoms with Gasteiger partial charge in [-0.05, 0) is 51.9 Å². The molecule has 1 aliphatic rings. The Kier molecular flexibility index (Phi) is 4.97. The maximum atomic E-state index is 13.1. The lowest BCUT2D eigenvalue weighted by Crippen LogP contribution is -2.51. The minimum atomic E-state index is -0.0988. The molecule has 166 valence electrons. The third-order valence-electron chi connectivity index (χ3n) is 6.49. The summed E-state index contributed by atoms with van der Waals surface area (Å²) in [6, 6.07) is 6.14. The van der Waals surface area contributed by atoms with Gasteiger partial charge < -0.3 is 4.90 Å². The van der Waals surface area contributed by atoms with Crippen LogP contribution in [0.2, 0.25) is 0 Å². The second-order valence-electron chi connectivity index (χ2n) is 8.81. The first-order valence-electron chi connectivity index (χ1n) is 11.2. The summed E-state index contributed by atoms with van der Waals surface area (Å²) in [4.78, 5) is 27.3. The molecule has 0 aromatic carbocycles. The van der Waals surface area contributed by atoms with Gasteiger partial charge in [0.1, 0.15) is 11.3 Å². The lowest BCUT2D eigenvalue weighted by atomic mass is 10.1. The van der Waals surface area contributed by atoms with Crippen molar-refractivity contribution < 1.29 is 0 Å². The van der Waals surface area contributed by atoms with Gasteiger partial charge in [-0.2, -0.15) is 5.10 Å². The highest BCUT2D eigenvalue weighted by atomic mass is 16.1. The molecule has 4 aromatic heterocycles. The van der Waals surface area contributed by atoms with Gasteiger partial charge in [0.15, 0.2) is 0 Å².